The fourth-order valence-corrected chi connectivity index (χ4v) is 3.83. The van der Waals surface area contributed by atoms with Gasteiger partial charge in [0.2, 0.25) is 17.7 Å². The van der Waals surface area contributed by atoms with Gasteiger partial charge in [0.25, 0.3) is 5.91 Å². The van der Waals surface area contributed by atoms with Crippen LogP contribution in [0.3, 0.4) is 0 Å². The Morgan fingerprint density at radius 3 is 2.50 bits per heavy atom. The lowest BCUT2D eigenvalue weighted by Crippen LogP contribution is -2.58. The predicted molar refractivity (Wildman–Crippen MR) is 122 cm³/mol. The average Bonchev–Trinajstić information content (AvgIpc) is 2.78. The van der Waals surface area contributed by atoms with Crippen LogP contribution in [0.4, 0.5) is 5.69 Å². The first-order chi connectivity index (χ1) is 16.0. The van der Waals surface area contributed by atoms with E-state index in [0.29, 0.717) is 31.2 Å². The number of anilines is 1. The molecule has 34 heavy (non-hydrogen) atoms. The van der Waals surface area contributed by atoms with E-state index in [4.69, 9.17) is 16.7 Å². The molecule has 0 radical (unpaired) electrons. The minimum Gasteiger partial charge on any atom is -0.481 e. The van der Waals surface area contributed by atoms with Crippen molar-refractivity contribution in [3.8, 4) is 0 Å². The normalized spacial score (nSPS) is 17.1. The molecule has 1 heterocycles. The number of benzene rings is 1. The molecule has 1 fully saturated rings. The summed E-state index contributed by atoms with van der Waals surface area (Å²) in [6.45, 7) is 3.08. The first-order valence-corrected chi connectivity index (χ1v) is 11.1. The number of carboxylic acid groups (broad SMARTS) is 1. The zero-order chi connectivity index (χ0) is 25.4. The van der Waals surface area contributed by atoms with Crippen molar-refractivity contribution in [3.05, 3.63) is 28.8 Å². The lowest BCUT2D eigenvalue weighted by atomic mass is 9.99. The molecular weight excluding hydrogens is 468 g/mol. The number of carboxylic acids is 1. The van der Waals surface area contributed by atoms with Crippen molar-refractivity contribution in [2.24, 2.45) is 0 Å². The SMILES string of the molecule is CC(=O)Nc1ccc(C(=O)NC(C)C(=O)N2CCCCC2C(=O)N[C@H](C=O)CC(=O)O)cc1Cl. The highest BCUT2D eigenvalue weighted by molar-refractivity contribution is 6.34. The maximum Gasteiger partial charge on any atom is 0.305 e. The van der Waals surface area contributed by atoms with Crippen LogP contribution in [0.2, 0.25) is 5.02 Å². The molecule has 1 aliphatic rings. The molecule has 3 atom stereocenters. The zero-order valence-electron chi connectivity index (χ0n) is 18.8. The van der Waals surface area contributed by atoms with Gasteiger partial charge in [-0.3, -0.25) is 24.0 Å². The molecule has 1 aliphatic heterocycles. The molecule has 0 aromatic heterocycles. The minimum absolute atomic E-state index is 0.153. The Labute approximate surface area is 201 Å². The molecular formula is C22H27ClN4O7. The number of carbonyl (C=O) groups is 6. The zero-order valence-corrected chi connectivity index (χ0v) is 19.6. The van der Waals surface area contributed by atoms with Gasteiger partial charge < -0.3 is 30.8 Å². The van der Waals surface area contributed by atoms with Gasteiger partial charge in [0.15, 0.2) is 0 Å². The molecule has 1 aromatic rings. The van der Waals surface area contributed by atoms with Crippen LogP contribution in [-0.4, -0.2) is 70.6 Å². The van der Waals surface area contributed by atoms with Gasteiger partial charge in [-0.2, -0.15) is 0 Å². The number of likely N-dealkylation sites (tertiary alicyclic amines) is 1. The van der Waals surface area contributed by atoms with E-state index in [9.17, 15) is 28.8 Å². The summed E-state index contributed by atoms with van der Waals surface area (Å²) in [7, 11) is 0. The quantitative estimate of drug-likeness (QED) is 0.371. The molecule has 2 rings (SSSR count). The first-order valence-electron chi connectivity index (χ1n) is 10.7. The summed E-state index contributed by atoms with van der Waals surface area (Å²) in [6.07, 6.45) is 1.45. The van der Waals surface area contributed by atoms with E-state index in [-0.39, 0.29) is 23.0 Å². The van der Waals surface area contributed by atoms with Gasteiger partial charge in [0, 0.05) is 19.0 Å². The number of piperidine rings is 1. The minimum atomic E-state index is -1.24. The van der Waals surface area contributed by atoms with Crippen molar-refractivity contribution < 1.29 is 33.9 Å². The number of nitrogens with zero attached hydrogens (tertiary/aromatic N) is 1. The third-order valence-corrected chi connectivity index (χ3v) is 5.55. The van der Waals surface area contributed by atoms with Crippen molar-refractivity contribution in [1.82, 2.24) is 15.5 Å². The van der Waals surface area contributed by atoms with Gasteiger partial charge in [0.05, 0.1) is 23.2 Å². The van der Waals surface area contributed by atoms with Crippen molar-refractivity contribution in [2.75, 3.05) is 11.9 Å². The molecule has 0 aliphatic carbocycles. The number of aldehydes is 1. The Hall–Kier alpha value is -3.47. The second-order valence-electron chi connectivity index (χ2n) is 7.96. The molecule has 11 nitrogen and oxygen atoms in total. The Kier molecular flexibility index (Phi) is 9.55. The van der Waals surface area contributed by atoms with Crippen LogP contribution in [-0.2, 0) is 24.0 Å². The number of carbonyl (C=O) groups excluding carboxylic acids is 5. The Morgan fingerprint density at radius 2 is 1.91 bits per heavy atom. The van der Waals surface area contributed by atoms with Crippen LogP contribution in [0.15, 0.2) is 18.2 Å². The molecule has 4 amide bonds. The van der Waals surface area contributed by atoms with E-state index in [1.807, 2.05) is 0 Å². The lowest BCUT2D eigenvalue weighted by molar-refractivity contribution is -0.144. The standard InChI is InChI=1S/C22H27ClN4O7/c1-12(24-20(32)14-6-7-17(16(23)9-14)25-13(2)29)22(34)27-8-4-3-5-18(27)21(33)26-15(11-28)10-19(30)31/h6-7,9,11-12,15,18H,3-5,8,10H2,1-2H3,(H,24,32)(H,25,29)(H,26,33)(H,30,31)/t12?,15-,18?/m0/s1. The molecule has 0 bridgehead atoms. The van der Waals surface area contributed by atoms with E-state index in [1.54, 1.807) is 0 Å². The van der Waals surface area contributed by atoms with Gasteiger partial charge in [-0.25, -0.2) is 0 Å². The maximum absolute atomic E-state index is 13.0. The predicted octanol–water partition coefficient (Wildman–Crippen LogP) is 0.956. The number of halogens is 1. The van der Waals surface area contributed by atoms with Crippen LogP contribution in [0.5, 0.6) is 0 Å². The molecule has 4 N–H and O–H groups in total. The second-order valence-corrected chi connectivity index (χ2v) is 8.37. The van der Waals surface area contributed by atoms with E-state index in [1.165, 1.54) is 36.9 Å². The number of rotatable bonds is 9. The van der Waals surface area contributed by atoms with Gasteiger partial charge in [0.1, 0.15) is 18.4 Å². The Balaban J connectivity index is 2.07. The number of amides is 4. The summed E-state index contributed by atoms with van der Waals surface area (Å²) in [5, 5.41) is 16.5. The van der Waals surface area contributed by atoms with Crippen molar-refractivity contribution in [2.45, 2.75) is 57.7 Å². The first kappa shape index (κ1) is 26.8. The van der Waals surface area contributed by atoms with Crippen molar-refractivity contribution in [1.29, 1.82) is 0 Å². The smallest absolute Gasteiger partial charge is 0.305 e. The average molecular weight is 495 g/mol. The number of aliphatic carboxylic acids is 1. The fourth-order valence-electron chi connectivity index (χ4n) is 3.61. The topological polar surface area (TPSA) is 162 Å². The van der Waals surface area contributed by atoms with E-state index >= 15 is 0 Å². The number of hydrogen-bond acceptors (Lipinski definition) is 6. The number of hydrogen-bond donors (Lipinski definition) is 4. The maximum atomic E-state index is 13.0. The molecule has 0 spiro atoms. The highest BCUT2D eigenvalue weighted by Gasteiger charge is 2.35. The summed E-state index contributed by atoms with van der Waals surface area (Å²) in [5.74, 6) is -3.24. The van der Waals surface area contributed by atoms with Crippen LogP contribution in [0.1, 0.15) is 49.9 Å². The summed E-state index contributed by atoms with van der Waals surface area (Å²) in [4.78, 5) is 72.8. The third-order valence-electron chi connectivity index (χ3n) is 5.23. The Bertz CT molecular complexity index is 984. The van der Waals surface area contributed by atoms with E-state index in [0.717, 1.165) is 0 Å². The van der Waals surface area contributed by atoms with E-state index in [2.05, 4.69) is 16.0 Å². The van der Waals surface area contributed by atoms with Crippen LogP contribution < -0.4 is 16.0 Å². The monoisotopic (exact) mass is 494 g/mol. The molecule has 184 valence electrons. The Morgan fingerprint density at radius 1 is 1.21 bits per heavy atom. The molecule has 0 saturated carbocycles. The van der Waals surface area contributed by atoms with Crippen LogP contribution in [0, 0.1) is 0 Å². The highest BCUT2D eigenvalue weighted by Crippen LogP contribution is 2.23. The third kappa shape index (κ3) is 7.27. The number of nitrogens with one attached hydrogen (secondary N) is 3. The summed E-state index contributed by atoms with van der Waals surface area (Å²) >= 11 is 6.10. The fraction of sp³-hybridized carbons (Fsp3) is 0.455. The van der Waals surface area contributed by atoms with Gasteiger partial charge >= 0.3 is 5.97 Å². The van der Waals surface area contributed by atoms with Crippen LogP contribution >= 0.6 is 11.6 Å². The second kappa shape index (κ2) is 12.1. The molecule has 12 heteroatoms. The van der Waals surface area contributed by atoms with Crippen molar-refractivity contribution in [3.63, 3.8) is 0 Å². The van der Waals surface area contributed by atoms with Gasteiger partial charge in [-0.15, -0.1) is 0 Å². The highest BCUT2D eigenvalue weighted by atomic mass is 35.5. The molecule has 1 aromatic carbocycles. The summed E-state index contributed by atoms with van der Waals surface area (Å²) in [5.41, 5.74) is 0.516. The lowest BCUT2D eigenvalue weighted by Gasteiger charge is -2.36. The molecule has 1 saturated heterocycles. The van der Waals surface area contributed by atoms with Crippen molar-refractivity contribution >= 4 is 53.2 Å². The summed E-state index contributed by atoms with van der Waals surface area (Å²) in [6, 6.07) is 1.21. The summed E-state index contributed by atoms with van der Waals surface area (Å²) < 4.78 is 0. The van der Waals surface area contributed by atoms with Crippen LogP contribution in [0.25, 0.3) is 0 Å². The van der Waals surface area contributed by atoms with Gasteiger partial charge in [-0.05, 0) is 44.4 Å². The molecule has 2 unspecified atom stereocenters. The van der Waals surface area contributed by atoms with E-state index < -0.39 is 48.2 Å². The van der Waals surface area contributed by atoms with Gasteiger partial charge in [-0.1, -0.05) is 11.6 Å². The largest absolute Gasteiger partial charge is 0.481 e.